The highest BCUT2D eigenvalue weighted by Crippen LogP contribution is 2.30. The fourth-order valence-corrected chi connectivity index (χ4v) is 4.19. The maximum absolute atomic E-state index is 12.3. The van der Waals surface area contributed by atoms with Crippen molar-refractivity contribution in [3.05, 3.63) is 118 Å². The highest BCUT2D eigenvalue weighted by Gasteiger charge is 2.06. The predicted molar refractivity (Wildman–Crippen MR) is 147 cm³/mol. The third-order valence-corrected chi connectivity index (χ3v) is 6.52. The van der Waals surface area contributed by atoms with Crippen molar-refractivity contribution in [2.24, 2.45) is 4.99 Å². The number of nitro benzene ring substituents is 1. The average Bonchev–Trinajstić information content (AvgIpc) is 2.90. The third-order valence-electron chi connectivity index (χ3n) is 5.50. The number of aryl methyl sites for hydroxylation is 2. The first-order chi connectivity index (χ1) is 17.9. The molecule has 0 heterocycles. The first-order valence-corrected chi connectivity index (χ1v) is 12.3. The quantitative estimate of drug-likeness (QED) is 0.147. The van der Waals surface area contributed by atoms with Crippen LogP contribution in [0.4, 0.5) is 17.1 Å². The van der Waals surface area contributed by atoms with Crippen LogP contribution in [0.3, 0.4) is 0 Å². The molecular formula is C29H25N3O4S. The second-order valence-corrected chi connectivity index (χ2v) is 9.46. The first-order valence-electron chi connectivity index (χ1n) is 11.5. The van der Waals surface area contributed by atoms with Crippen molar-refractivity contribution in [2.75, 3.05) is 11.9 Å². The Morgan fingerprint density at radius 1 is 0.946 bits per heavy atom. The number of nitrogens with one attached hydrogen (secondary N) is 1. The largest absolute Gasteiger partial charge is 0.484 e. The van der Waals surface area contributed by atoms with Crippen LogP contribution >= 0.6 is 11.8 Å². The Balaban J connectivity index is 1.30. The van der Waals surface area contributed by atoms with E-state index in [4.69, 9.17) is 4.74 Å². The second kappa shape index (κ2) is 12.0. The number of non-ortho nitro benzene ring substituents is 1. The van der Waals surface area contributed by atoms with Crippen molar-refractivity contribution < 1.29 is 14.5 Å². The molecule has 1 amide bonds. The molecule has 4 aromatic rings. The molecule has 0 saturated carbocycles. The molecule has 37 heavy (non-hydrogen) atoms. The molecule has 4 aromatic carbocycles. The van der Waals surface area contributed by atoms with Gasteiger partial charge in [-0.3, -0.25) is 19.9 Å². The minimum atomic E-state index is -0.410. The molecule has 8 heteroatoms. The Morgan fingerprint density at radius 2 is 1.65 bits per heavy atom. The summed E-state index contributed by atoms with van der Waals surface area (Å²) in [5, 5.41) is 13.6. The van der Waals surface area contributed by atoms with Crippen molar-refractivity contribution in [3.8, 4) is 5.75 Å². The number of rotatable bonds is 9. The normalized spacial score (nSPS) is 10.9. The summed E-state index contributed by atoms with van der Waals surface area (Å²) in [6.07, 6.45) is 1.74. The lowest BCUT2D eigenvalue weighted by Crippen LogP contribution is -2.20. The number of carbonyl (C=O) groups is 1. The second-order valence-electron chi connectivity index (χ2n) is 8.31. The van der Waals surface area contributed by atoms with E-state index in [1.54, 1.807) is 24.4 Å². The number of benzene rings is 4. The van der Waals surface area contributed by atoms with Gasteiger partial charge in [0.25, 0.3) is 11.6 Å². The van der Waals surface area contributed by atoms with E-state index in [0.717, 1.165) is 32.3 Å². The van der Waals surface area contributed by atoms with E-state index in [9.17, 15) is 14.9 Å². The van der Waals surface area contributed by atoms with Crippen LogP contribution < -0.4 is 10.1 Å². The topological polar surface area (TPSA) is 93.8 Å². The van der Waals surface area contributed by atoms with E-state index in [0.29, 0.717) is 5.75 Å². The Hall–Kier alpha value is -4.43. The minimum absolute atomic E-state index is 0.0732. The van der Waals surface area contributed by atoms with Crippen molar-refractivity contribution in [2.45, 2.75) is 23.6 Å². The van der Waals surface area contributed by atoms with Gasteiger partial charge in [0.2, 0.25) is 0 Å². The highest BCUT2D eigenvalue weighted by molar-refractivity contribution is 7.99. The van der Waals surface area contributed by atoms with Crippen LogP contribution in [0.15, 0.2) is 106 Å². The molecular weight excluding hydrogens is 486 g/mol. The number of aliphatic imine (C=N–C) groups is 1. The van der Waals surface area contributed by atoms with E-state index < -0.39 is 4.92 Å². The van der Waals surface area contributed by atoms with Crippen molar-refractivity contribution in [1.82, 2.24) is 0 Å². The van der Waals surface area contributed by atoms with E-state index >= 15 is 0 Å². The summed E-state index contributed by atoms with van der Waals surface area (Å²) in [6.45, 7) is 3.93. The maximum Gasteiger partial charge on any atom is 0.269 e. The number of ether oxygens (including phenoxy) is 1. The van der Waals surface area contributed by atoms with Crippen LogP contribution in [-0.2, 0) is 4.79 Å². The van der Waals surface area contributed by atoms with Gasteiger partial charge in [0, 0.05) is 33.8 Å². The van der Waals surface area contributed by atoms with Crippen molar-refractivity contribution in [3.63, 3.8) is 0 Å². The lowest BCUT2D eigenvalue weighted by Gasteiger charge is -2.09. The van der Waals surface area contributed by atoms with Crippen LogP contribution in [0.5, 0.6) is 5.75 Å². The Bertz CT molecular complexity index is 1430. The molecule has 0 aliphatic rings. The lowest BCUT2D eigenvalue weighted by atomic mass is 10.1. The van der Waals surface area contributed by atoms with Gasteiger partial charge in [-0.2, -0.15) is 0 Å². The zero-order valence-corrected chi connectivity index (χ0v) is 21.2. The molecule has 0 spiro atoms. The zero-order chi connectivity index (χ0) is 26.2. The number of hydrogen-bond acceptors (Lipinski definition) is 6. The van der Waals surface area contributed by atoms with Gasteiger partial charge in [0.15, 0.2) is 6.61 Å². The summed E-state index contributed by atoms with van der Waals surface area (Å²) >= 11 is 1.52. The summed E-state index contributed by atoms with van der Waals surface area (Å²) in [6, 6.07) is 27.3. The van der Waals surface area contributed by atoms with Gasteiger partial charge in [0.1, 0.15) is 5.75 Å². The first kappa shape index (κ1) is 25.7. The van der Waals surface area contributed by atoms with Gasteiger partial charge in [-0.05, 0) is 91.2 Å². The van der Waals surface area contributed by atoms with E-state index in [2.05, 4.69) is 10.3 Å². The Kier molecular flexibility index (Phi) is 8.33. The smallest absolute Gasteiger partial charge is 0.269 e. The Labute approximate surface area is 219 Å². The van der Waals surface area contributed by atoms with Gasteiger partial charge >= 0.3 is 0 Å². The summed E-state index contributed by atoms with van der Waals surface area (Å²) in [5.74, 6) is 0.350. The van der Waals surface area contributed by atoms with Crippen LogP contribution in [0, 0.1) is 24.0 Å². The molecule has 1 N–H and O–H groups in total. The molecule has 4 rings (SSSR count). The molecule has 0 saturated heterocycles. The molecule has 186 valence electrons. The van der Waals surface area contributed by atoms with Crippen LogP contribution in [0.2, 0.25) is 0 Å². The maximum atomic E-state index is 12.3. The fourth-order valence-electron chi connectivity index (χ4n) is 3.37. The number of carbonyl (C=O) groups excluding carboxylic acids is 1. The summed E-state index contributed by atoms with van der Waals surface area (Å²) in [4.78, 5) is 29.1. The molecule has 0 aromatic heterocycles. The molecule has 0 atom stereocenters. The van der Waals surface area contributed by atoms with Crippen LogP contribution in [-0.4, -0.2) is 23.7 Å². The fraction of sp³-hybridized carbons (Fsp3) is 0.103. The average molecular weight is 512 g/mol. The van der Waals surface area contributed by atoms with E-state index in [-0.39, 0.29) is 18.2 Å². The molecule has 0 bridgehead atoms. The van der Waals surface area contributed by atoms with E-state index in [1.165, 1.54) is 29.5 Å². The third kappa shape index (κ3) is 7.52. The monoisotopic (exact) mass is 511 g/mol. The molecule has 0 fully saturated rings. The standard InChI is InChI=1S/C29H25N3O4S/c1-20-6-7-24(16-21(20)2)31-29(33)19-36-26-5-3-4-22(17-26)18-30-23-8-12-27(13-9-23)37-28-14-10-25(11-15-28)32(34)35/h3-18H,19H2,1-2H3,(H,31,33). The number of nitrogens with zero attached hydrogens (tertiary/aromatic N) is 2. The highest BCUT2D eigenvalue weighted by atomic mass is 32.2. The molecule has 0 unspecified atom stereocenters. The molecule has 0 radical (unpaired) electrons. The number of hydrogen-bond donors (Lipinski definition) is 1. The predicted octanol–water partition coefficient (Wildman–Crippen LogP) is 7.13. The van der Waals surface area contributed by atoms with E-state index in [1.807, 2.05) is 74.5 Å². The van der Waals surface area contributed by atoms with Gasteiger partial charge in [0.05, 0.1) is 10.6 Å². The van der Waals surface area contributed by atoms with Crippen LogP contribution in [0.25, 0.3) is 0 Å². The summed E-state index contributed by atoms with van der Waals surface area (Å²) < 4.78 is 5.67. The van der Waals surface area contributed by atoms with Gasteiger partial charge in [-0.1, -0.05) is 30.0 Å². The number of anilines is 1. The minimum Gasteiger partial charge on any atom is -0.484 e. The lowest BCUT2D eigenvalue weighted by molar-refractivity contribution is -0.384. The van der Waals surface area contributed by atoms with Crippen LogP contribution in [0.1, 0.15) is 16.7 Å². The number of amides is 1. The molecule has 7 nitrogen and oxygen atoms in total. The molecule has 0 aliphatic carbocycles. The summed E-state index contributed by atoms with van der Waals surface area (Å²) in [5.41, 5.74) is 4.73. The van der Waals surface area contributed by atoms with Gasteiger partial charge < -0.3 is 10.1 Å². The SMILES string of the molecule is Cc1ccc(NC(=O)COc2cccc(C=Nc3ccc(Sc4ccc([N+](=O)[O-])cc4)cc3)c2)cc1C. The number of nitro groups is 1. The zero-order valence-electron chi connectivity index (χ0n) is 20.4. The van der Waals surface area contributed by atoms with Gasteiger partial charge in [-0.15, -0.1) is 0 Å². The van der Waals surface area contributed by atoms with Crippen molar-refractivity contribution in [1.29, 1.82) is 0 Å². The Morgan fingerprint density at radius 3 is 2.32 bits per heavy atom. The van der Waals surface area contributed by atoms with Crippen molar-refractivity contribution >= 4 is 40.9 Å². The molecule has 0 aliphatic heterocycles. The summed E-state index contributed by atoms with van der Waals surface area (Å²) in [7, 11) is 0. The van der Waals surface area contributed by atoms with Gasteiger partial charge in [-0.25, -0.2) is 0 Å².